The Labute approximate surface area is 164 Å². The largest absolute Gasteiger partial charge is 0.351 e. The van der Waals surface area contributed by atoms with E-state index in [4.69, 9.17) is 0 Å². The molecule has 2 aromatic carbocycles. The molecule has 2 heterocycles. The number of hydrogen-bond acceptors (Lipinski definition) is 2. The maximum Gasteiger partial charge on any atom is 0.252 e. The number of rotatable bonds is 3. The second-order valence-corrected chi connectivity index (χ2v) is 7.94. The quantitative estimate of drug-likeness (QED) is 0.761. The van der Waals surface area contributed by atoms with Crippen LogP contribution in [0.15, 0.2) is 66.4 Å². The van der Waals surface area contributed by atoms with Gasteiger partial charge in [-0.1, -0.05) is 36.4 Å². The standard InChI is InChI=1S/C24H21N3O/c1-27-12-10-17-13-18(7-8-20(17)27)21-19-9-11-24(15-25,22(19)26-23(21)28)14-16-5-3-2-4-6-16/h2-8,10,12-13,22H,9,11,14H2,1H3,(H,26,28). The van der Waals surface area contributed by atoms with Crippen LogP contribution in [0.3, 0.4) is 0 Å². The van der Waals surface area contributed by atoms with Gasteiger partial charge in [0.05, 0.1) is 17.5 Å². The molecular formula is C24H21N3O. The van der Waals surface area contributed by atoms with E-state index in [-0.39, 0.29) is 11.9 Å². The van der Waals surface area contributed by atoms with Gasteiger partial charge in [0.15, 0.2) is 0 Å². The van der Waals surface area contributed by atoms with Crippen LogP contribution < -0.4 is 5.32 Å². The average Bonchev–Trinajstić information content (AvgIpc) is 3.36. The van der Waals surface area contributed by atoms with Crippen LogP contribution in [0.1, 0.15) is 24.0 Å². The normalized spacial score (nSPS) is 23.7. The molecule has 1 aromatic heterocycles. The van der Waals surface area contributed by atoms with E-state index in [0.29, 0.717) is 6.42 Å². The van der Waals surface area contributed by atoms with Crippen molar-refractivity contribution in [2.24, 2.45) is 12.5 Å². The van der Waals surface area contributed by atoms with Crippen molar-refractivity contribution in [3.05, 3.63) is 77.5 Å². The lowest BCUT2D eigenvalue weighted by atomic mass is 9.78. The highest BCUT2D eigenvalue weighted by Gasteiger charge is 2.51. The minimum absolute atomic E-state index is 0.0531. The Bertz CT molecular complexity index is 1170. The summed E-state index contributed by atoms with van der Waals surface area (Å²) in [6.45, 7) is 0. The van der Waals surface area contributed by atoms with Crippen molar-refractivity contribution in [1.29, 1.82) is 5.26 Å². The third-order valence-electron chi connectivity index (χ3n) is 6.32. The molecule has 1 N–H and O–H groups in total. The van der Waals surface area contributed by atoms with Crippen molar-refractivity contribution in [2.45, 2.75) is 25.3 Å². The summed E-state index contributed by atoms with van der Waals surface area (Å²) in [6, 6.07) is 20.7. The molecular weight excluding hydrogens is 346 g/mol. The summed E-state index contributed by atoms with van der Waals surface area (Å²) in [4.78, 5) is 12.9. The minimum Gasteiger partial charge on any atom is -0.351 e. The van der Waals surface area contributed by atoms with Gasteiger partial charge >= 0.3 is 0 Å². The van der Waals surface area contributed by atoms with Gasteiger partial charge in [0, 0.05) is 29.7 Å². The van der Waals surface area contributed by atoms with Crippen LogP contribution in [0, 0.1) is 16.7 Å². The third-order valence-corrected chi connectivity index (χ3v) is 6.32. The average molecular weight is 367 g/mol. The summed E-state index contributed by atoms with van der Waals surface area (Å²) < 4.78 is 2.07. The van der Waals surface area contributed by atoms with E-state index in [1.54, 1.807) is 0 Å². The first-order valence-corrected chi connectivity index (χ1v) is 9.66. The predicted octanol–water partition coefficient (Wildman–Crippen LogP) is 3.98. The molecule has 1 amide bonds. The second-order valence-electron chi connectivity index (χ2n) is 7.94. The van der Waals surface area contributed by atoms with Gasteiger partial charge < -0.3 is 9.88 Å². The Morgan fingerprint density at radius 1 is 1.21 bits per heavy atom. The number of fused-ring (bicyclic) bond motifs is 2. The summed E-state index contributed by atoms with van der Waals surface area (Å²) in [7, 11) is 2.02. The summed E-state index contributed by atoms with van der Waals surface area (Å²) in [6.07, 6.45) is 4.24. The maximum atomic E-state index is 12.9. The maximum absolute atomic E-state index is 12.9. The molecule has 1 fully saturated rings. The molecule has 4 nitrogen and oxygen atoms in total. The molecule has 0 bridgehead atoms. The van der Waals surface area contributed by atoms with Crippen molar-refractivity contribution in [1.82, 2.24) is 9.88 Å². The van der Waals surface area contributed by atoms with Crippen molar-refractivity contribution >= 4 is 22.4 Å². The van der Waals surface area contributed by atoms with Gasteiger partial charge in [0.1, 0.15) is 0 Å². The predicted molar refractivity (Wildman–Crippen MR) is 109 cm³/mol. The van der Waals surface area contributed by atoms with Crippen LogP contribution in [-0.4, -0.2) is 16.5 Å². The van der Waals surface area contributed by atoms with Crippen molar-refractivity contribution in [3.8, 4) is 6.07 Å². The topological polar surface area (TPSA) is 57.8 Å². The Morgan fingerprint density at radius 2 is 2.04 bits per heavy atom. The van der Waals surface area contributed by atoms with Crippen LogP contribution >= 0.6 is 0 Å². The molecule has 1 saturated carbocycles. The van der Waals surface area contributed by atoms with Gasteiger partial charge in [-0.05, 0) is 54.2 Å². The second kappa shape index (κ2) is 6.10. The van der Waals surface area contributed by atoms with Gasteiger partial charge in [-0.15, -0.1) is 0 Å². The zero-order chi connectivity index (χ0) is 19.3. The fourth-order valence-electron chi connectivity index (χ4n) is 4.89. The number of benzene rings is 2. The van der Waals surface area contributed by atoms with Crippen LogP contribution in [0.2, 0.25) is 0 Å². The van der Waals surface area contributed by atoms with Crippen molar-refractivity contribution in [3.63, 3.8) is 0 Å². The van der Waals surface area contributed by atoms with E-state index in [9.17, 15) is 10.1 Å². The zero-order valence-corrected chi connectivity index (χ0v) is 15.8. The summed E-state index contributed by atoms with van der Waals surface area (Å²) >= 11 is 0. The van der Waals surface area contributed by atoms with E-state index in [1.165, 1.54) is 0 Å². The SMILES string of the molecule is Cn1ccc2cc(C3=C4CCC(C#N)(Cc5ccccc5)C4NC3=O)ccc21. The Hall–Kier alpha value is -3.32. The van der Waals surface area contributed by atoms with Gasteiger partial charge in [0.2, 0.25) is 0 Å². The van der Waals surface area contributed by atoms with Crippen LogP contribution in [0.25, 0.3) is 16.5 Å². The monoisotopic (exact) mass is 367 g/mol. The molecule has 2 aliphatic rings. The first-order chi connectivity index (χ1) is 13.6. The number of hydrogen-bond donors (Lipinski definition) is 1. The molecule has 4 heteroatoms. The highest BCUT2D eigenvalue weighted by atomic mass is 16.2. The lowest BCUT2D eigenvalue weighted by Crippen LogP contribution is -2.41. The number of nitriles is 1. The highest BCUT2D eigenvalue weighted by molar-refractivity contribution is 6.23. The molecule has 0 radical (unpaired) electrons. The number of nitrogens with zero attached hydrogens (tertiary/aromatic N) is 2. The summed E-state index contributed by atoms with van der Waals surface area (Å²) in [5.74, 6) is -0.0531. The number of aromatic nitrogens is 1. The fourth-order valence-corrected chi connectivity index (χ4v) is 4.89. The lowest BCUT2D eigenvalue weighted by molar-refractivity contribution is -0.115. The van der Waals surface area contributed by atoms with E-state index in [0.717, 1.165) is 46.0 Å². The number of carbonyl (C=O) groups excluding carboxylic acids is 1. The van der Waals surface area contributed by atoms with Crippen LogP contribution in [-0.2, 0) is 18.3 Å². The molecule has 1 aliphatic heterocycles. The molecule has 2 unspecified atom stereocenters. The molecule has 5 rings (SSSR count). The number of aryl methyl sites for hydroxylation is 1. The minimum atomic E-state index is -0.578. The number of amides is 1. The molecule has 28 heavy (non-hydrogen) atoms. The zero-order valence-electron chi connectivity index (χ0n) is 15.8. The van der Waals surface area contributed by atoms with Gasteiger partial charge in [-0.25, -0.2) is 0 Å². The highest BCUT2D eigenvalue weighted by Crippen LogP contribution is 2.49. The third kappa shape index (κ3) is 2.40. The molecule has 138 valence electrons. The van der Waals surface area contributed by atoms with Crippen molar-refractivity contribution in [2.75, 3.05) is 0 Å². The van der Waals surface area contributed by atoms with E-state index >= 15 is 0 Å². The summed E-state index contributed by atoms with van der Waals surface area (Å²) in [5, 5.41) is 14.3. The first kappa shape index (κ1) is 16.8. The fraction of sp³-hybridized carbons (Fsp3) is 0.250. The van der Waals surface area contributed by atoms with Gasteiger partial charge in [0.25, 0.3) is 5.91 Å². The molecule has 3 aromatic rings. The lowest BCUT2D eigenvalue weighted by Gasteiger charge is -2.27. The Balaban J connectivity index is 1.57. The Kier molecular flexibility index (Phi) is 3.67. The van der Waals surface area contributed by atoms with Gasteiger partial charge in [-0.3, -0.25) is 4.79 Å². The molecule has 0 saturated heterocycles. The molecule has 2 atom stereocenters. The number of carbonyl (C=O) groups is 1. The van der Waals surface area contributed by atoms with Crippen molar-refractivity contribution < 1.29 is 4.79 Å². The van der Waals surface area contributed by atoms with Gasteiger partial charge in [-0.2, -0.15) is 5.26 Å². The van der Waals surface area contributed by atoms with E-state index < -0.39 is 5.41 Å². The molecule has 1 aliphatic carbocycles. The summed E-state index contributed by atoms with van der Waals surface area (Å²) in [5.41, 5.74) is 4.51. The first-order valence-electron chi connectivity index (χ1n) is 9.66. The molecule has 0 spiro atoms. The van der Waals surface area contributed by atoms with Crippen LogP contribution in [0.4, 0.5) is 0 Å². The van der Waals surface area contributed by atoms with E-state index in [1.807, 2.05) is 37.5 Å². The van der Waals surface area contributed by atoms with E-state index in [2.05, 4.69) is 46.3 Å². The smallest absolute Gasteiger partial charge is 0.252 e. The number of nitrogens with one attached hydrogen (secondary N) is 1. The van der Waals surface area contributed by atoms with Crippen LogP contribution in [0.5, 0.6) is 0 Å². The Morgan fingerprint density at radius 3 is 2.82 bits per heavy atom.